The molecule has 0 aliphatic carbocycles. The lowest BCUT2D eigenvalue weighted by Crippen LogP contribution is -2.47. The highest BCUT2D eigenvalue weighted by Gasteiger charge is 2.27. The van der Waals surface area contributed by atoms with Gasteiger partial charge in [-0.3, -0.25) is 0 Å². The summed E-state index contributed by atoms with van der Waals surface area (Å²) in [5.74, 6) is 0. The Kier molecular flexibility index (Phi) is 10.6. The van der Waals surface area contributed by atoms with Crippen LogP contribution in [0.4, 0.5) is 0 Å². The van der Waals surface area contributed by atoms with Crippen LogP contribution in [0.1, 0.15) is 104 Å². The van der Waals surface area contributed by atoms with Gasteiger partial charge in [0.25, 0.3) is 0 Å². The predicted octanol–water partition coefficient (Wildman–Crippen LogP) is 5.66. The lowest BCUT2D eigenvalue weighted by atomic mass is 9.95. The zero-order valence-corrected chi connectivity index (χ0v) is 15.4. The number of hydrogen-bond acceptors (Lipinski definition) is 3. The maximum atomic E-state index is 4.09. The molecule has 1 aliphatic rings. The van der Waals surface area contributed by atoms with Gasteiger partial charge >= 0.3 is 0 Å². The average molecular weight is 310 g/mol. The van der Waals surface area contributed by atoms with Gasteiger partial charge in [0.1, 0.15) is 0 Å². The van der Waals surface area contributed by atoms with Crippen molar-refractivity contribution in [3.8, 4) is 0 Å². The Labute approximate surface area is 138 Å². The van der Waals surface area contributed by atoms with E-state index in [0.717, 1.165) is 6.54 Å². The molecule has 1 N–H and O–H groups in total. The monoisotopic (exact) mass is 309 g/mol. The summed E-state index contributed by atoms with van der Waals surface area (Å²) in [6.07, 6.45) is 20.3. The molecule has 0 aromatic rings. The average Bonchev–Trinajstić information content (AvgIpc) is 3.03. The molecular formula is C19H39N3. The first kappa shape index (κ1) is 19.5. The van der Waals surface area contributed by atoms with E-state index in [2.05, 4.69) is 36.4 Å². The van der Waals surface area contributed by atoms with E-state index in [1.165, 1.54) is 83.5 Å². The largest absolute Gasteiger partial charge is 0.240 e. The van der Waals surface area contributed by atoms with E-state index in [4.69, 9.17) is 0 Å². The van der Waals surface area contributed by atoms with Gasteiger partial charge in [0.2, 0.25) is 0 Å². The Balaban J connectivity index is 1.83. The van der Waals surface area contributed by atoms with Crippen LogP contribution in [-0.2, 0) is 0 Å². The van der Waals surface area contributed by atoms with Crippen molar-refractivity contribution in [2.75, 3.05) is 6.54 Å². The minimum Gasteiger partial charge on any atom is -0.240 e. The fraction of sp³-hybridized carbons (Fsp3) is 0.947. The molecule has 0 saturated carbocycles. The third-order valence-electron chi connectivity index (χ3n) is 4.91. The quantitative estimate of drug-likeness (QED) is 0.419. The van der Waals surface area contributed by atoms with Crippen LogP contribution >= 0.6 is 0 Å². The molecule has 1 rings (SSSR count). The van der Waals surface area contributed by atoms with Crippen molar-refractivity contribution in [1.29, 1.82) is 0 Å². The Morgan fingerprint density at radius 3 is 1.82 bits per heavy atom. The van der Waals surface area contributed by atoms with Crippen LogP contribution in [0, 0.1) is 0 Å². The van der Waals surface area contributed by atoms with E-state index in [1.807, 2.05) is 6.21 Å². The Morgan fingerprint density at radius 1 is 0.864 bits per heavy atom. The molecule has 0 unspecified atom stereocenters. The van der Waals surface area contributed by atoms with Crippen LogP contribution in [0.5, 0.6) is 0 Å². The van der Waals surface area contributed by atoms with Crippen LogP contribution in [0.15, 0.2) is 5.10 Å². The fourth-order valence-electron chi connectivity index (χ4n) is 3.19. The Hall–Kier alpha value is -0.570. The van der Waals surface area contributed by atoms with Crippen LogP contribution in [0.25, 0.3) is 0 Å². The SMILES string of the molecule is CCCCCCCCCCCCCCC(C)(C)N1CC=NN1. The molecule has 130 valence electrons. The van der Waals surface area contributed by atoms with Crippen LogP contribution in [-0.4, -0.2) is 23.3 Å². The second-order valence-electron chi connectivity index (χ2n) is 7.47. The number of hydrazone groups is 1. The third kappa shape index (κ3) is 8.77. The number of hydrazine groups is 1. The summed E-state index contributed by atoms with van der Waals surface area (Å²) in [4.78, 5) is 0. The molecule has 3 heteroatoms. The number of nitrogens with zero attached hydrogens (tertiary/aromatic N) is 2. The summed E-state index contributed by atoms with van der Waals surface area (Å²) in [6.45, 7) is 7.85. The maximum Gasteiger partial charge on any atom is 0.0572 e. The molecule has 0 amide bonds. The topological polar surface area (TPSA) is 27.6 Å². The van der Waals surface area contributed by atoms with Gasteiger partial charge in [-0.15, -0.1) is 0 Å². The van der Waals surface area contributed by atoms with Crippen LogP contribution in [0.3, 0.4) is 0 Å². The van der Waals surface area contributed by atoms with Gasteiger partial charge in [-0.1, -0.05) is 84.0 Å². The van der Waals surface area contributed by atoms with E-state index in [-0.39, 0.29) is 5.54 Å². The highest BCUT2D eigenvalue weighted by Crippen LogP contribution is 2.22. The van der Waals surface area contributed by atoms with Crippen molar-refractivity contribution in [2.45, 2.75) is 110 Å². The maximum absolute atomic E-state index is 4.09. The molecule has 0 aromatic carbocycles. The fourth-order valence-corrected chi connectivity index (χ4v) is 3.19. The van der Waals surface area contributed by atoms with Crippen molar-refractivity contribution in [2.24, 2.45) is 5.10 Å². The summed E-state index contributed by atoms with van der Waals surface area (Å²) in [7, 11) is 0. The summed E-state index contributed by atoms with van der Waals surface area (Å²) < 4.78 is 0. The smallest absolute Gasteiger partial charge is 0.0572 e. The standard InChI is InChI=1S/C19H39N3/c1-4-5-6-7-8-9-10-11-12-13-14-15-16-19(2,3)22-18-17-20-21-22/h17,21H,4-16,18H2,1-3H3. The van der Waals surface area contributed by atoms with E-state index in [1.54, 1.807) is 0 Å². The molecule has 0 saturated heterocycles. The summed E-state index contributed by atoms with van der Waals surface area (Å²) in [5.41, 5.74) is 3.31. The van der Waals surface area contributed by atoms with Gasteiger partial charge in [-0.25, -0.2) is 5.53 Å². The summed E-state index contributed by atoms with van der Waals surface area (Å²) in [6, 6.07) is 0. The molecule has 0 atom stereocenters. The van der Waals surface area contributed by atoms with E-state index in [9.17, 15) is 0 Å². The van der Waals surface area contributed by atoms with Gasteiger partial charge in [-0.2, -0.15) is 10.1 Å². The third-order valence-corrected chi connectivity index (χ3v) is 4.91. The normalized spacial score (nSPS) is 15.4. The van der Waals surface area contributed by atoms with Crippen LogP contribution < -0.4 is 5.53 Å². The zero-order chi connectivity index (χ0) is 16.1. The van der Waals surface area contributed by atoms with Crippen molar-refractivity contribution in [3.63, 3.8) is 0 Å². The predicted molar refractivity (Wildman–Crippen MR) is 98.1 cm³/mol. The van der Waals surface area contributed by atoms with Gasteiger partial charge in [0.15, 0.2) is 0 Å². The Morgan fingerprint density at radius 2 is 1.36 bits per heavy atom. The molecule has 22 heavy (non-hydrogen) atoms. The number of unbranched alkanes of at least 4 members (excludes halogenated alkanes) is 11. The molecule has 0 bridgehead atoms. The molecule has 0 spiro atoms. The molecule has 1 aliphatic heterocycles. The first-order valence-corrected chi connectivity index (χ1v) is 9.71. The molecule has 1 heterocycles. The zero-order valence-electron chi connectivity index (χ0n) is 15.4. The van der Waals surface area contributed by atoms with Crippen molar-refractivity contribution < 1.29 is 0 Å². The van der Waals surface area contributed by atoms with Crippen molar-refractivity contribution >= 4 is 6.21 Å². The van der Waals surface area contributed by atoms with Gasteiger partial charge in [0, 0.05) is 11.8 Å². The molecular weight excluding hydrogens is 270 g/mol. The summed E-state index contributed by atoms with van der Waals surface area (Å²) >= 11 is 0. The molecule has 0 fully saturated rings. The lowest BCUT2D eigenvalue weighted by molar-refractivity contribution is 0.0835. The van der Waals surface area contributed by atoms with E-state index < -0.39 is 0 Å². The van der Waals surface area contributed by atoms with Gasteiger partial charge < -0.3 is 0 Å². The van der Waals surface area contributed by atoms with Gasteiger partial charge in [-0.05, 0) is 20.3 Å². The number of nitrogens with one attached hydrogen (secondary N) is 1. The van der Waals surface area contributed by atoms with Crippen molar-refractivity contribution in [1.82, 2.24) is 10.5 Å². The lowest BCUT2D eigenvalue weighted by Gasteiger charge is -2.34. The van der Waals surface area contributed by atoms with Gasteiger partial charge in [0.05, 0.1) is 6.54 Å². The first-order chi connectivity index (χ1) is 10.7. The second kappa shape index (κ2) is 11.9. The minimum atomic E-state index is 0.217. The minimum absolute atomic E-state index is 0.217. The second-order valence-corrected chi connectivity index (χ2v) is 7.47. The van der Waals surface area contributed by atoms with Crippen molar-refractivity contribution in [3.05, 3.63) is 0 Å². The highest BCUT2D eigenvalue weighted by atomic mass is 15.7. The molecule has 0 radical (unpaired) electrons. The first-order valence-electron chi connectivity index (χ1n) is 9.71. The van der Waals surface area contributed by atoms with E-state index in [0.29, 0.717) is 0 Å². The number of hydrogen-bond donors (Lipinski definition) is 1. The Bertz CT molecular complexity index is 278. The number of rotatable bonds is 14. The van der Waals surface area contributed by atoms with E-state index >= 15 is 0 Å². The molecule has 3 nitrogen and oxygen atoms in total. The summed E-state index contributed by atoms with van der Waals surface area (Å²) in [5, 5.41) is 6.33. The highest BCUT2D eigenvalue weighted by molar-refractivity contribution is 5.60. The van der Waals surface area contributed by atoms with Crippen LogP contribution in [0.2, 0.25) is 0 Å². The molecule has 0 aromatic heterocycles.